The zero-order valence-electron chi connectivity index (χ0n) is 14.4. The van der Waals surface area contributed by atoms with Crippen molar-refractivity contribution in [3.63, 3.8) is 0 Å². The molecular weight excluding hydrogens is 374 g/mol. The molecule has 1 aliphatic heterocycles. The average Bonchev–Trinajstić information content (AvgIpc) is 2.66. The molecule has 2 aromatic rings. The van der Waals surface area contributed by atoms with Crippen LogP contribution in [0.15, 0.2) is 36.4 Å². The molecule has 1 amide bonds. The van der Waals surface area contributed by atoms with Crippen molar-refractivity contribution in [3.05, 3.63) is 52.5 Å². The van der Waals surface area contributed by atoms with E-state index >= 15 is 0 Å². The standard InChI is InChI=1S/C19H16ClNO6/c1-11(22)12-3-2-4-14(7-12)21-17(23)10-27-19(24)13-8-15(20)18-16(9-13)25-5-6-26-18/h2-4,7-9H,5-6,10H2,1H3,(H,21,23). The highest BCUT2D eigenvalue weighted by Gasteiger charge is 2.20. The smallest absolute Gasteiger partial charge is 0.338 e. The number of hydrogen-bond acceptors (Lipinski definition) is 6. The lowest BCUT2D eigenvalue weighted by Gasteiger charge is -2.19. The molecule has 0 saturated carbocycles. The largest absolute Gasteiger partial charge is 0.486 e. The van der Waals surface area contributed by atoms with Gasteiger partial charge in [0.1, 0.15) is 13.2 Å². The molecular formula is C19H16ClNO6. The van der Waals surface area contributed by atoms with Crippen molar-refractivity contribution < 1.29 is 28.6 Å². The average molecular weight is 390 g/mol. The van der Waals surface area contributed by atoms with Crippen LogP contribution < -0.4 is 14.8 Å². The van der Waals surface area contributed by atoms with E-state index in [-0.39, 0.29) is 16.4 Å². The highest BCUT2D eigenvalue weighted by molar-refractivity contribution is 6.32. The zero-order valence-corrected chi connectivity index (χ0v) is 15.2. The number of fused-ring (bicyclic) bond motifs is 1. The van der Waals surface area contributed by atoms with E-state index in [1.54, 1.807) is 24.3 Å². The lowest BCUT2D eigenvalue weighted by atomic mass is 10.1. The monoisotopic (exact) mass is 389 g/mol. The number of carbonyl (C=O) groups excluding carboxylic acids is 3. The van der Waals surface area contributed by atoms with Crippen molar-refractivity contribution in [2.45, 2.75) is 6.92 Å². The lowest BCUT2D eigenvalue weighted by Crippen LogP contribution is -2.21. The predicted molar refractivity (Wildman–Crippen MR) is 97.8 cm³/mol. The predicted octanol–water partition coefficient (Wildman–Crippen LogP) is 3.11. The Morgan fingerprint density at radius 2 is 1.89 bits per heavy atom. The van der Waals surface area contributed by atoms with Crippen LogP contribution in [0, 0.1) is 0 Å². The molecule has 27 heavy (non-hydrogen) atoms. The molecule has 0 fully saturated rings. The molecule has 1 heterocycles. The highest BCUT2D eigenvalue weighted by Crippen LogP contribution is 2.38. The Balaban J connectivity index is 1.60. The molecule has 3 rings (SSSR count). The van der Waals surface area contributed by atoms with Crippen LogP contribution in [0.5, 0.6) is 11.5 Å². The summed E-state index contributed by atoms with van der Waals surface area (Å²) >= 11 is 6.08. The number of nitrogens with one attached hydrogen (secondary N) is 1. The first-order valence-electron chi connectivity index (χ1n) is 8.11. The fraction of sp³-hybridized carbons (Fsp3) is 0.211. The van der Waals surface area contributed by atoms with Gasteiger partial charge in [0.15, 0.2) is 23.9 Å². The minimum absolute atomic E-state index is 0.118. The van der Waals surface area contributed by atoms with Gasteiger partial charge in [0.2, 0.25) is 0 Å². The van der Waals surface area contributed by atoms with Crippen LogP contribution in [-0.4, -0.2) is 37.5 Å². The molecule has 2 aromatic carbocycles. The van der Waals surface area contributed by atoms with Crippen LogP contribution in [0.3, 0.4) is 0 Å². The van der Waals surface area contributed by atoms with Gasteiger partial charge in [-0.3, -0.25) is 9.59 Å². The topological polar surface area (TPSA) is 90.9 Å². The molecule has 0 unspecified atom stereocenters. The fourth-order valence-electron chi connectivity index (χ4n) is 2.46. The Morgan fingerprint density at radius 1 is 1.11 bits per heavy atom. The summed E-state index contributed by atoms with van der Waals surface area (Å²) in [7, 11) is 0. The normalized spacial score (nSPS) is 12.2. The van der Waals surface area contributed by atoms with Crippen molar-refractivity contribution in [3.8, 4) is 11.5 Å². The first-order valence-corrected chi connectivity index (χ1v) is 8.49. The van der Waals surface area contributed by atoms with E-state index in [2.05, 4.69) is 5.32 Å². The first kappa shape index (κ1) is 18.7. The minimum Gasteiger partial charge on any atom is -0.486 e. The summed E-state index contributed by atoms with van der Waals surface area (Å²) in [5.41, 5.74) is 1.05. The Bertz CT molecular complexity index is 911. The molecule has 0 aromatic heterocycles. The van der Waals surface area contributed by atoms with E-state index in [1.807, 2.05) is 0 Å². The number of ether oxygens (including phenoxy) is 3. The molecule has 0 radical (unpaired) electrons. The summed E-state index contributed by atoms with van der Waals surface area (Å²) in [5.74, 6) is -0.643. The Labute approximate surface area is 160 Å². The van der Waals surface area contributed by atoms with Gasteiger partial charge in [0, 0.05) is 11.3 Å². The maximum Gasteiger partial charge on any atom is 0.338 e. The van der Waals surface area contributed by atoms with Crippen LogP contribution in [0.2, 0.25) is 5.02 Å². The summed E-state index contributed by atoms with van der Waals surface area (Å²) in [5, 5.41) is 2.79. The molecule has 0 aliphatic carbocycles. The molecule has 0 bridgehead atoms. The highest BCUT2D eigenvalue weighted by atomic mass is 35.5. The summed E-state index contributed by atoms with van der Waals surface area (Å²) in [6.07, 6.45) is 0. The molecule has 0 spiro atoms. The third kappa shape index (κ3) is 4.57. The zero-order chi connectivity index (χ0) is 19.4. The number of carbonyl (C=O) groups is 3. The van der Waals surface area contributed by atoms with Gasteiger partial charge in [-0.1, -0.05) is 23.7 Å². The number of ketones is 1. The van der Waals surface area contributed by atoms with E-state index in [0.29, 0.717) is 36.0 Å². The van der Waals surface area contributed by atoms with E-state index in [4.69, 9.17) is 25.8 Å². The first-order chi connectivity index (χ1) is 12.9. The van der Waals surface area contributed by atoms with Crippen molar-refractivity contribution in [2.75, 3.05) is 25.1 Å². The van der Waals surface area contributed by atoms with Gasteiger partial charge in [-0.25, -0.2) is 4.79 Å². The number of hydrogen-bond donors (Lipinski definition) is 1. The number of amides is 1. The molecule has 140 valence electrons. The fourth-order valence-corrected chi connectivity index (χ4v) is 2.72. The van der Waals surface area contributed by atoms with Crippen molar-refractivity contribution >= 4 is 34.9 Å². The van der Waals surface area contributed by atoms with Crippen molar-refractivity contribution in [2.24, 2.45) is 0 Å². The van der Waals surface area contributed by atoms with Crippen LogP contribution in [0.25, 0.3) is 0 Å². The molecule has 0 saturated heterocycles. The van der Waals surface area contributed by atoms with Crippen LogP contribution in [0.4, 0.5) is 5.69 Å². The van der Waals surface area contributed by atoms with Crippen molar-refractivity contribution in [1.82, 2.24) is 0 Å². The second-order valence-electron chi connectivity index (χ2n) is 5.74. The van der Waals surface area contributed by atoms with E-state index in [1.165, 1.54) is 19.1 Å². The number of benzene rings is 2. The van der Waals surface area contributed by atoms with E-state index < -0.39 is 18.5 Å². The van der Waals surface area contributed by atoms with Gasteiger partial charge in [-0.05, 0) is 31.2 Å². The van der Waals surface area contributed by atoms with Gasteiger partial charge in [-0.2, -0.15) is 0 Å². The number of rotatable bonds is 5. The minimum atomic E-state index is -0.721. The number of esters is 1. The van der Waals surface area contributed by atoms with Crippen LogP contribution in [0.1, 0.15) is 27.6 Å². The maximum absolute atomic E-state index is 12.2. The van der Waals surface area contributed by atoms with Gasteiger partial charge in [0.25, 0.3) is 5.91 Å². The second-order valence-corrected chi connectivity index (χ2v) is 6.15. The molecule has 1 aliphatic rings. The third-order valence-electron chi connectivity index (χ3n) is 3.72. The number of Topliss-reactive ketones (excluding diaryl/α,β-unsaturated/α-hetero) is 1. The summed E-state index contributed by atoms with van der Waals surface area (Å²) in [6.45, 7) is 1.67. The van der Waals surface area contributed by atoms with Crippen LogP contribution in [-0.2, 0) is 9.53 Å². The molecule has 1 N–H and O–H groups in total. The molecule has 0 atom stereocenters. The van der Waals surface area contributed by atoms with Gasteiger partial charge >= 0.3 is 5.97 Å². The molecule has 8 heteroatoms. The van der Waals surface area contributed by atoms with Crippen molar-refractivity contribution in [1.29, 1.82) is 0 Å². The van der Waals surface area contributed by atoms with E-state index in [0.717, 1.165) is 0 Å². The van der Waals surface area contributed by atoms with Gasteiger partial charge < -0.3 is 19.5 Å². The SMILES string of the molecule is CC(=O)c1cccc(NC(=O)COC(=O)c2cc(Cl)c3c(c2)OCCO3)c1. The van der Waals surface area contributed by atoms with Gasteiger partial charge in [-0.15, -0.1) is 0 Å². The van der Waals surface area contributed by atoms with Gasteiger partial charge in [0.05, 0.1) is 10.6 Å². The quantitative estimate of drug-likeness (QED) is 0.624. The third-order valence-corrected chi connectivity index (χ3v) is 4.00. The van der Waals surface area contributed by atoms with Crippen LogP contribution >= 0.6 is 11.6 Å². The Kier molecular flexibility index (Phi) is 5.61. The molecule has 7 nitrogen and oxygen atoms in total. The number of halogens is 1. The maximum atomic E-state index is 12.2. The number of anilines is 1. The summed E-state index contributed by atoms with van der Waals surface area (Å²) in [6, 6.07) is 9.32. The lowest BCUT2D eigenvalue weighted by molar-refractivity contribution is -0.119. The Hall–Kier alpha value is -3.06. The summed E-state index contributed by atoms with van der Waals surface area (Å²) in [4.78, 5) is 35.5. The van der Waals surface area contributed by atoms with E-state index in [9.17, 15) is 14.4 Å². The second kappa shape index (κ2) is 8.09. The summed E-state index contributed by atoms with van der Waals surface area (Å²) < 4.78 is 15.8. The Morgan fingerprint density at radius 3 is 2.67 bits per heavy atom.